The molecule has 6 heteroatoms. The monoisotopic (exact) mass is 468 g/mol. The second kappa shape index (κ2) is 5.91. The Balaban J connectivity index is 2.19. The smallest absolute Gasteiger partial charge is 0.257 e. The Morgan fingerprint density at radius 2 is 2.00 bits per heavy atom. The van der Waals surface area contributed by atoms with Crippen LogP contribution in [0.1, 0.15) is 10.4 Å². The van der Waals surface area contributed by atoms with E-state index in [-0.39, 0.29) is 11.7 Å². The number of pyridine rings is 1. The van der Waals surface area contributed by atoms with Crippen LogP contribution in [-0.4, -0.2) is 10.9 Å². The van der Waals surface area contributed by atoms with Gasteiger partial charge in [0.15, 0.2) is 0 Å². The number of hydrogen-bond acceptors (Lipinski definition) is 2. The molecule has 0 unspecified atom stereocenters. The van der Waals surface area contributed by atoms with Crippen LogP contribution in [0.15, 0.2) is 36.5 Å². The van der Waals surface area contributed by atoms with Gasteiger partial charge in [-0.15, -0.1) is 0 Å². The van der Waals surface area contributed by atoms with E-state index < -0.39 is 0 Å². The van der Waals surface area contributed by atoms with Crippen molar-refractivity contribution in [1.29, 1.82) is 0 Å². The van der Waals surface area contributed by atoms with Gasteiger partial charge in [-0.3, -0.25) is 4.79 Å². The quantitative estimate of drug-likeness (QED) is 0.684. The van der Waals surface area contributed by atoms with Crippen LogP contribution in [0, 0.1) is 13.0 Å². The third-order valence-corrected chi connectivity index (χ3v) is 3.68. The maximum Gasteiger partial charge on any atom is 0.257 e. The van der Waals surface area contributed by atoms with Gasteiger partial charge in [-0.2, -0.15) is 0 Å². The van der Waals surface area contributed by atoms with E-state index in [0.717, 1.165) is 3.57 Å². The van der Waals surface area contributed by atoms with Gasteiger partial charge in [-0.05, 0) is 75.5 Å². The van der Waals surface area contributed by atoms with E-state index in [1.807, 2.05) is 28.7 Å². The summed E-state index contributed by atoms with van der Waals surface area (Å²) in [5.41, 5.74) is 0.428. The second-order valence-electron chi connectivity index (χ2n) is 3.44. The number of carbonyl (C=O) groups is 1. The summed E-state index contributed by atoms with van der Waals surface area (Å²) < 4.78 is 14.5. The second-order valence-corrected chi connectivity index (χ2v) is 5.85. The van der Waals surface area contributed by atoms with Gasteiger partial charge in [-0.1, -0.05) is 0 Å². The topological polar surface area (TPSA) is 42.0 Å². The fourth-order valence-corrected chi connectivity index (χ4v) is 2.35. The summed E-state index contributed by atoms with van der Waals surface area (Å²) in [6.07, 6.45) is 1.66. The van der Waals surface area contributed by atoms with E-state index in [2.05, 4.69) is 32.9 Å². The summed E-state index contributed by atoms with van der Waals surface area (Å²) >= 11 is 4.06. The fourth-order valence-electron chi connectivity index (χ4n) is 1.31. The van der Waals surface area contributed by atoms with E-state index in [9.17, 15) is 9.18 Å². The van der Waals surface area contributed by atoms with Crippen molar-refractivity contribution < 1.29 is 9.18 Å². The molecule has 1 aromatic heterocycles. The van der Waals surface area contributed by atoms with Gasteiger partial charge in [0.1, 0.15) is 11.6 Å². The average Bonchev–Trinajstić information content (AvgIpc) is 2.32. The molecule has 1 amide bonds. The van der Waals surface area contributed by atoms with E-state index in [1.165, 1.54) is 18.2 Å². The van der Waals surface area contributed by atoms with Crippen LogP contribution >= 0.6 is 45.2 Å². The molecule has 1 aromatic carbocycles. The molecule has 0 spiro atoms. The van der Waals surface area contributed by atoms with Crippen molar-refractivity contribution >= 4 is 56.9 Å². The Hall–Kier alpha value is -0.770. The molecule has 0 aliphatic rings. The summed E-state index contributed by atoms with van der Waals surface area (Å²) in [6, 6.07) is 7.60. The molecule has 18 heavy (non-hydrogen) atoms. The first-order chi connectivity index (χ1) is 8.56. The van der Waals surface area contributed by atoms with E-state index >= 15 is 0 Å². The Kier molecular flexibility index (Phi) is 4.49. The third-order valence-electron chi connectivity index (χ3n) is 2.14. The molecule has 0 saturated heterocycles. The summed E-state index contributed by atoms with van der Waals surface area (Å²) in [7, 11) is 0. The maximum absolute atomic E-state index is 12.9. The standard InChI is InChI=1S/C12H7FI2N2O/c13-7-1-3-9(10(15)5-7)12(18)17-11-4-2-8(14)6-16-11/h1-6H,(H,16,17,18). The molecule has 0 saturated carbocycles. The van der Waals surface area contributed by atoms with Crippen molar-refractivity contribution in [2.45, 2.75) is 0 Å². The number of rotatable bonds is 2. The van der Waals surface area contributed by atoms with Gasteiger partial charge in [-0.25, -0.2) is 9.37 Å². The lowest BCUT2D eigenvalue weighted by atomic mass is 10.2. The van der Waals surface area contributed by atoms with Gasteiger partial charge < -0.3 is 5.32 Å². The first kappa shape index (κ1) is 13.7. The lowest BCUT2D eigenvalue weighted by molar-refractivity contribution is 0.102. The van der Waals surface area contributed by atoms with E-state index in [0.29, 0.717) is 15.0 Å². The number of amides is 1. The predicted octanol–water partition coefficient (Wildman–Crippen LogP) is 3.68. The Morgan fingerprint density at radius 3 is 2.61 bits per heavy atom. The van der Waals surface area contributed by atoms with Crippen LogP contribution < -0.4 is 5.32 Å². The lowest BCUT2D eigenvalue weighted by Gasteiger charge is -2.06. The highest BCUT2D eigenvalue weighted by Crippen LogP contribution is 2.16. The number of nitrogens with zero attached hydrogens (tertiary/aromatic N) is 1. The molecular formula is C12H7FI2N2O. The minimum absolute atomic E-state index is 0.298. The minimum Gasteiger partial charge on any atom is -0.307 e. The van der Waals surface area contributed by atoms with E-state index in [1.54, 1.807) is 12.3 Å². The Morgan fingerprint density at radius 1 is 1.22 bits per heavy atom. The molecule has 92 valence electrons. The molecule has 1 N–H and O–H groups in total. The highest BCUT2D eigenvalue weighted by molar-refractivity contribution is 14.1. The molecular weight excluding hydrogens is 461 g/mol. The van der Waals surface area contributed by atoms with Crippen molar-refractivity contribution in [3.63, 3.8) is 0 Å². The van der Waals surface area contributed by atoms with Gasteiger partial charge >= 0.3 is 0 Å². The van der Waals surface area contributed by atoms with Crippen LogP contribution in [0.2, 0.25) is 0 Å². The lowest BCUT2D eigenvalue weighted by Crippen LogP contribution is -2.14. The molecule has 0 aliphatic carbocycles. The van der Waals surface area contributed by atoms with Gasteiger partial charge in [0.2, 0.25) is 0 Å². The van der Waals surface area contributed by atoms with Crippen molar-refractivity contribution in [2.75, 3.05) is 5.32 Å². The van der Waals surface area contributed by atoms with E-state index in [4.69, 9.17) is 0 Å². The average molecular weight is 468 g/mol. The van der Waals surface area contributed by atoms with Gasteiger partial charge in [0, 0.05) is 13.3 Å². The van der Waals surface area contributed by atoms with Gasteiger partial charge in [0.25, 0.3) is 5.91 Å². The molecule has 3 nitrogen and oxygen atoms in total. The molecule has 1 heterocycles. The number of hydrogen-bond donors (Lipinski definition) is 1. The normalized spacial score (nSPS) is 10.2. The zero-order valence-electron chi connectivity index (χ0n) is 8.95. The first-order valence-electron chi connectivity index (χ1n) is 4.94. The number of halogens is 3. The van der Waals surface area contributed by atoms with Crippen molar-refractivity contribution in [3.05, 3.63) is 55.0 Å². The number of carbonyl (C=O) groups excluding carboxylic acids is 1. The van der Waals surface area contributed by atoms with Crippen molar-refractivity contribution in [1.82, 2.24) is 4.98 Å². The first-order valence-corrected chi connectivity index (χ1v) is 7.10. The zero-order valence-corrected chi connectivity index (χ0v) is 13.3. The zero-order chi connectivity index (χ0) is 13.1. The van der Waals surface area contributed by atoms with Gasteiger partial charge in [0.05, 0.1) is 5.56 Å². The number of nitrogens with one attached hydrogen (secondary N) is 1. The molecule has 0 atom stereocenters. The predicted molar refractivity (Wildman–Crippen MR) is 84.0 cm³/mol. The van der Waals surface area contributed by atoms with Crippen molar-refractivity contribution in [3.8, 4) is 0 Å². The molecule has 0 fully saturated rings. The third kappa shape index (κ3) is 3.37. The van der Waals surface area contributed by atoms with Crippen LogP contribution in [0.3, 0.4) is 0 Å². The highest BCUT2D eigenvalue weighted by Gasteiger charge is 2.11. The molecule has 2 aromatic rings. The highest BCUT2D eigenvalue weighted by atomic mass is 127. The number of benzene rings is 1. The minimum atomic E-state index is -0.358. The molecule has 0 radical (unpaired) electrons. The molecule has 0 bridgehead atoms. The molecule has 2 rings (SSSR count). The largest absolute Gasteiger partial charge is 0.307 e. The summed E-state index contributed by atoms with van der Waals surface area (Å²) in [5.74, 6) is -0.183. The van der Waals surface area contributed by atoms with Crippen LogP contribution in [0.5, 0.6) is 0 Å². The number of anilines is 1. The van der Waals surface area contributed by atoms with Crippen LogP contribution in [-0.2, 0) is 0 Å². The summed E-state index contributed by atoms with van der Waals surface area (Å²) in [6.45, 7) is 0. The Bertz CT molecular complexity index is 587. The van der Waals surface area contributed by atoms with Crippen LogP contribution in [0.25, 0.3) is 0 Å². The summed E-state index contributed by atoms with van der Waals surface area (Å²) in [4.78, 5) is 16.0. The summed E-state index contributed by atoms with van der Waals surface area (Å²) in [5, 5.41) is 2.67. The fraction of sp³-hybridized carbons (Fsp3) is 0. The Labute approximate surface area is 130 Å². The van der Waals surface area contributed by atoms with Crippen LogP contribution in [0.4, 0.5) is 10.2 Å². The maximum atomic E-state index is 12.9. The SMILES string of the molecule is O=C(Nc1ccc(I)cn1)c1ccc(F)cc1I. The number of aromatic nitrogens is 1. The van der Waals surface area contributed by atoms with Crippen molar-refractivity contribution in [2.24, 2.45) is 0 Å². The molecule has 0 aliphatic heterocycles.